The average Bonchev–Trinajstić information content (AvgIpc) is 3.00. The lowest BCUT2D eigenvalue weighted by molar-refractivity contribution is 0.0467. The van der Waals surface area contributed by atoms with Crippen molar-refractivity contribution in [3.8, 4) is 0 Å². The maximum absolute atomic E-state index is 13.3. The summed E-state index contributed by atoms with van der Waals surface area (Å²) in [6, 6.07) is 23.0. The van der Waals surface area contributed by atoms with Crippen LogP contribution in [0.15, 0.2) is 66.7 Å². The molecule has 0 aliphatic heterocycles. The monoisotopic (exact) mass is 344 g/mol. The SMILES string of the molecule is Cc1cc(C)n(C(=O)[C@H]2C[C@@H](c3ccccc3)[C@]2(C)c2ccccc2)n1. The third-order valence-electron chi connectivity index (χ3n) is 6.03. The molecule has 1 aromatic heterocycles. The minimum absolute atomic E-state index is 0.0758. The zero-order valence-electron chi connectivity index (χ0n) is 15.5. The highest BCUT2D eigenvalue weighted by atomic mass is 16.2. The molecule has 1 heterocycles. The molecule has 0 saturated heterocycles. The largest absolute Gasteiger partial charge is 0.272 e. The van der Waals surface area contributed by atoms with Crippen LogP contribution in [0.1, 0.15) is 46.6 Å². The smallest absolute Gasteiger partial charge is 0.251 e. The maximum Gasteiger partial charge on any atom is 0.251 e. The molecule has 0 N–H and O–H groups in total. The van der Waals surface area contributed by atoms with Crippen molar-refractivity contribution in [3.05, 3.63) is 89.2 Å². The molecule has 3 heteroatoms. The van der Waals surface area contributed by atoms with Crippen molar-refractivity contribution in [2.75, 3.05) is 0 Å². The first-order chi connectivity index (χ1) is 12.5. The van der Waals surface area contributed by atoms with E-state index in [4.69, 9.17) is 0 Å². The van der Waals surface area contributed by atoms with Crippen LogP contribution >= 0.6 is 0 Å². The van der Waals surface area contributed by atoms with Gasteiger partial charge in [0.2, 0.25) is 0 Å². The molecule has 4 rings (SSSR count). The topological polar surface area (TPSA) is 34.9 Å². The molecule has 1 fully saturated rings. The van der Waals surface area contributed by atoms with Gasteiger partial charge in [-0.3, -0.25) is 4.79 Å². The van der Waals surface area contributed by atoms with E-state index in [0.717, 1.165) is 17.8 Å². The number of aryl methyl sites for hydroxylation is 2. The van der Waals surface area contributed by atoms with E-state index in [2.05, 4.69) is 60.6 Å². The van der Waals surface area contributed by atoms with E-state index in [0.29, 0.717) is 5.92 Å². The minimum atomic E-state index is -0.230. The lowest BCUT2D eigenvalue weighted by Crippen LogP contribution is -2.54. The highest BCUT2D eigenvalue weighted by Gasteiger charge is 2.56. The maximum atomic E-state index is 13.3. The Morgan fingerprint density at radius 3 is 2.23 bits per heavy atom. The summed E-state index contributed by atoms with van der Waals surface area (Å²) < 4.78 is 1.60. The van der Waals surface area contributed by atoms with Gasteiger partial charge in [-0.05, 0) is 43.4 Å². The number of hydrogen-bond acceptors (Lipinski definition) is 2. The van der Waals surface area contributed by atoms with Gasteiger partial charge in [-0.25, -0.2) is 4.68 Å². The van der Waals surface area contributed by atoms with E-state index < -0.39 is 0 Å². The van der Waals surface area contributed by atoms with Gasteiger partial charge in [0.1, 0.15) is 0 Å². The first-order valence-electron chi connectivity index (χ1n) is 9.19. The second kappa shape index (κ2) is 6.24. The van der Waals surface area contributed by atoms with Crippen LogP contribution in [0, 0.1) is 19.8 Å². The van der Waals surface area contributed by atoms with Crippen LogP contribution in [0.25, 0.3) is 0 Å². The summed E-state index contributed by atoms with van der Waals surface area (Å²) in [7, 11) is 0. The third kappa shape index (κ3) is 2.50. The molecule has 0 amide bonds. The standard InChI is InChI=1S/C23H24N2O/c1-16-14-17(2)25(24-16)22(26)21-15-20(18-10-6-4-7-11-18)23(21,3)19-12-8-5-9-13-19/h4-14,20-21H,15H2,1-3H3/t20-,21+,23-/m0/s1. The van der Waals surface area contributed by atoms with Crippen LogP contribution in [0.4, 0.5) is 0 Å². The van der Waals surface area contributed by atoms with Crippen LogP contribution in [0.5, 0.6) is 0 Å². The molecular formula is C23H24N2O. The van der Waals surface area contributed by atoms with E-state index in [-0.39, 0.29) is 17.2 Å². The van der Waals surface area contributed by atoms with Crippen LogP contribution in [-0.4, -0.2) is 15.7 Å². The fourth-order valence-corrected chi connectivity index (χ4v) is 4.53. The van der Waals surface area contributed by atoms with Gasteiger partial charge in [-0.2, -0.15) is 5.10 Å². The summed E-state index contributed by atoms with van der Waals surface area (Å²) in [5.41, 5.74) is 4.09. The summed E-state index contributed by atoms with van der Waals surface area (Å²) in [6.07, 6.45) is 0.854. The fraction of sp³-hybridized carbons (Fsp3) is 0.304. The summed E-state index contributed by atoms with van der Waals surface area (Å²) in [6.45, 7) is 6.11. The summed E-state index contributed by atoms with van der Waals surface area (Å²) in [4.78, 5) is 13.3. The van der Waals surface area contributed by atoms with Gasteiger partial charge in [-0.15, -0.1) is 0 Å². The molecular weight excluding hydrogens is 320 g/mol. The molecule has 2 aromatic carbocycles. The number of hydrogen-bond donors (Lipinski definition) is 0. The Kier molecular flexibility index (Phi) is 4.03. The second-order valence-corrected chi connectivity index (χ2v) is 7.58. The Morgan fingerprint density at radius 2 is 1.65 bits per heavy atom. The van der Waals surface area contributed by atoms with Crippen molar-refractivity contribution in [3.63, 3.8) is 0 Å². The Bertz CT molecular complexity index is 929. The first kappa shape index (κ1) is 16.8. The average molecular weight is 344 g/mol. The van der Waals surface area contributed by atoms with Crippen LogP contribution in [-0.2, 0) is 5.41 Å². The zero-order valence-corrected chi connectivity index (χ0v) is 15.5. The normalized spacial score (nSPS) is 24.9. The van der Waals surface area contributed by atoms with E-state index >= 15 is 0 Å². The van der Waals surface area contributed by atoms with Gasteiger partial charge in [0.15, 0.2) is 0 Å². The highest BCUT2D eigenvalue weighted by molar-refractivity contribution is 5.85. The Hall–Kier alpha value is -2.68. The van der Waals surface area contributed by atoms with Crippen molar-refractivity contribution in [2.45, 2.75) is 38.5 Å². The Morgan fingerprint density at radius 1 is 1.04 bits per heavy atom. The molecule has 0 spiro atoms. The number of rotatable bonds is 3. The molecule has 132 valence electrons. The van der Waals surface area contributed by atoms with Gasteiger partial charge in [0.05, 0.1) is 11.6 Å². The molecule has 3 nitrogen and oxygen atoms in total. The zero-order chi connectivity index (χ0) is 18.3. The molecule has 1 aliphatic carbocycles. The fourth-order valence-electron chi connectivity index (χ4n) is 4.53. The number of carbonyl (C=O) groups is 1. The predicted molar refractivity (Wildman–Crippen MR) is 103 cm³/mol. The van der Waals surface area contributed by atoms with Gasteiger partial charge >= 0.3 is 0 Å². The van der Waals surface area contributed by atoms with Crippen molar-refractivity contribution >= 4 is 5.91 Å². The van der Waals surface area contributed by atoms with Gasteiger partial charge < -0.3 is 0 Å². The van der Waals surface area contributed by atoms with Crippen molar-refractivity contribution < 1.29 is 4.79 Å². The van der Waals surface area contributed by atoms with Crippen molar-refractivity contribution in [1.82, 2.24) is 9.78 Å². The van der Waals surface area contributed by atoms with Gasteiger partial charge in [0, 0.05) is 11.1 Å². The molecule has 0 radical (unpaired) electrons. The van der Waals surface area contributed by atoms with E-state index in [9.17, 15) is 4.79 Å². The van der Waals surface area contributed by atoms with E-state index in [1.807, 2.05) is 32.0 Å². The summed E-state index contributed by atoms with van der Waals surface area (Å²) in [5.74, 6) is 0.360. The van der Waals surface area contributed by atoms with Gasteiger partial charge in [0.25, 0.3) is 5.91 Å². The third-order valence-corrected chi connectivity index (χ3v) is 6.03. The van der Waals surface area contributed by atoms with Gasteiger partial charge in [-0.1, -0.05) is 67.6 Å². The Balaban J connectivity index is 1.76. The lowest BCUT2D eigenvalue weighted by atomic mass is 9.49. The van der Waals surface area contributed by atoms with E-state index in [1.165, 1.54) is 11.1 Å². The summed E-state index contributed by atoms with van der Waals surface area (Å²) in [5, 5.41) is 4.44. The Labute approximate surface area is 154 Å². The molecule has 3 aromatic rings. The molecule has 0 bridgehead atoms. The number of carbonyl (C=O) groups excluding carboxylic acids is 1. The molecule has 1 aliphatic rings. The molecule has 1 saturated carbocycles. The number of nitrogens with zero attached hydrogens (tertiary/aromatic N) is 2. The molecule has 26 heavy (non-hydrogen) atoms. The highest BCUT2D eigenvalue weighted by Crippen LogP contribution is 2.58. The molecule has 0 unspecified atom stereocenters. The van der Waals surface area contributed by atoms with Crippen LogP contribution < -0.4 is 0 Å². The summed E-state index contributed by atoms with van der Waals surface area (Å²) >= 11 is 0. The second-order valence-electron chi connectivity index (χ2n) is 7.58. The lowest BCUT2D eigenvalue weighted by Gasteiger charge is -2.54. The minimum Gasteiger partial charge on any atom is -0.272 e. The van der Waals surface area contributed by atoms with Crippen LogP contribution in [0.2, 0.25) is 0 Å². The van der Waals surface area contributed by atoms with E-state index in [1.54, 1.807) is 4.68 Å². The van der Waals surface area contributed by atoms with Crippen LogP contribution in [0.3, 0.4) is 0 Å². The number of benzene rings is 2. The number of aromatic nitrogens is 2. The van der Waals surface area contributed by atoms with Crippen molar-refractivity contribution in [1.29, 1.82) is 0 Å². The quantitative estimate of drug-likeness (QED) is 0.677. The van der Waals surface area contributed by atoms with Crippen molar-refractivity contribution in [2.24, 2.45) is 5.92 Å². The first-order valence-corrected chi connectivity index (χ1v) is 9.19. The molecule has 3 atom stereocenters. The predicted octanol–water partition coefficient (Wildman–Crippen LogP) is 4.90.